The normalized spacial score (nSPS) is 27.4. The van der Waals surface area contributed by atoms with Crippen molar-refractivity contribution in [3.63, 3.8) is 0 Å². The maximum absolute atomic E-state index is 13.6. The van der Waals surface area contributed by atoms with Gasteiger partial charge in [0.1, 0.15) is 18.8 Å². The number of nitrogens with zero attached hydrogens (tertiary/aromatic N) is 2. The topological polar surface area (TPSA) is 109 Å². The zero-order valence-corrected chi connectivity index (χ0v) is 29.9. The zero-order chi connectivity index (χ0) is 36.2. The van der Waals surface area contributed by atoms with Crippen LogP contribution in [0.25, 0.3) is 0 Å². The van der Waals surface area contributed by atoms with Gasteiger partial charge in [-0.1, -0.05) is 81.9 Å². The Morgan fingerprint density at radius 3 is 1.53 bits per heavy atom. The molecule has 12 heteroatoms. The van der Waals surface area contributed by atoms with E-state index in [0.29, 0.717) is 45.1 Å². The number of piperidine rings is 4. The highest BCUT2D eigenvalue weighted by Crippen LogP contribution is 2.54. The minimum atomic E-state index is -0.654. The lowest BCUT2D eigenvalue weighted by Gasteiger charge is -2.63. The second kappa shape index (κ2) is 15.8. The Morgan fingerprint density at radius 2 is 1.14 bits per heavy atom. The minimum absolute atomic E-state index is 0. The lowest BCUT2D eigenvalue weighted by Crippen LogP contribution is -2.75. The summed E-state index contributed by atoms with van der Waals surface area (Å²) in [5.41, 5.74) is -0.578. The number of hydrogen-bond acceptors (Lipinski definition) is 7. The number of amides is 3. The molecule has 8 rings (SSSR count). The van der Waals surface area contributed by atoms with Crippen LogP contribution in [-0.2, 0) is 27.4 Å². The number of alkyl halides is 2. The van der Waals surface area contributed by atoms with Gasteiger partial charge in [-0.2, -0.15) is 0 Å². The summed E-state index contributed by atoms with van der Waals surface area (Å²) in [6.45, 7) is 10.7. The summed E-state index contributed by atoms with van der Waals surface area (Å²) < 4.78 is 43.2. The van der Waals surface area contributed by atoms with Crippen LogP contribution < -0.4 is 10.6 Å². The van der Waals surface area contributed by atoms with Gasteiger partial charge in [0.05, 0.1) is 18.9 Å². The van der Waals surface area contributed by atoms with Crippen molar-refractivity contribution in [2.45, 2.75) is 104 Å². The third-order valence-electron chi connectivity index (χ3n) is 9.75. The lowest BCUT2D eigenvalue weighted by atomic mass is 9.54. The third-order valence-corrected chi connectivity index (χ3v) is 9.75. The molecule has 10 nitrogen and oxygen atoms in total. The number of halogens is 2. The Hall–Kier alpha value is -3.93. The van der Waals surface area contributed by atoms with Crippen LogP contribution in [0.1, 0.15) is 78.9 Å². The average Bonchev–Trinajstić information content (AvgIpc) is 3.05. The minimum Gasteiger partial charge on any atom is -0.445 e. The van der Waals surface area contributed by atoms with Crippen LogP contribution in [0.5, 0.6) is 0 Å². The van der Waals surface area contributed by atoms with Crippen molar-refractivity contribution in [3.05, 3.63) is 71.8 Å². The van der Waals surface area contributed by atoms with Crippen molar-refractivity contribution in [1.29, 1.82) is 0 Å². The van der Waals surface area contributed by atoms with E-state index in [4.69, 9.17) is 14.2 Å². The fourth-order valence-electron chi connectivity index (χ4n) is 8.43. The number of carbonyl (C=O) groups is 3. The molecule has 2 N–H and O–H groups in total. The maximum atomic E-state index is 13.6. The summed E-state index contributed by atoms with van der Waals surface area (Å²) in [5, 5.41) is 6.38. The first-order valence-electron chi connectivity index (χ1n) is 17.4. The molecule has 2 aromatic rings. The average molecular weight is 715 g/mol. The number of ether oxygens (including phenoxy) is 3. The maximum Gasteiger partial charge on any atom is 0.410 e. The highest BCUT2D eigenvalue weighted by Gasteiger charge is 2.62. The van der Waals surface area contributed by atoms with Gasteiger partial charge in [0.15, 0.2) is 0 Å². The van der Waals surface area contributed by atoms with E-state index in [1.54, 1.807) is 25.7 Å². The van der Waals surface area contributed by atoms with E-state index in [-0.39, 0.29) is 44.4 Å². The molecule has 282 valence electrons. The van der Waals surface area contributed by atoms with E-state index in [2.05, 4.69) is 24.5 Å². The van der Waals surface area contributed by atoms with E-state index in [0.717, 1.165) is 24.0 Å². The molecule has 51 heavy (non-hydrogen) atoms. The molecule has 4 aliphatic heterocycles. The highest BCUT2D eigenvalue weighted by atomic mass is 19.1. The summed E-state index contributed by atoms with van der Waals surface area (Å²) in [5.74, 6) is 0. The van der Waals surface area contributed by atoms with Crippen LogP contribution in [0.15, 0.2) is 60.7 Å². The summed E-state index contributed by atoms with van der Waals surface area (Å²) in [4.78, 5) is 40.2. The van der Waals surface area contributed by atoms with E-state index < -0.39 is 35.4 Å². The quantitative estimate of drug-likeness (QED) is 0.261. The molecule has 3 amide bonds. The molecule has 0 radical (unpaired) electrons. The number of carbonyl (C=O) groups excluding carboxylic acids is 3. The van der Waals surface area contributed by atoms with Crippen molar-refractivity contribution in [1.82, 2.24) is 20.4 Å². The first-order valence-corrected chi connectivity index (χ1v) is 17.4. The fraction of sp³-hybridized carbons (Fsp3) is 0.615. The van der Waals surface area contributed by atoms with Crippen molar-refractivity contribution in [2.75, 3.05) is 39.5 Å². The second-order valence-corrected chi connectivity index (χ2v) is 16.3. The van der Waals surface area contributed by atoms with Crippen molar-refractivity contribution >= 4 is 18.3 Å². The van der Waals surface area contributed by atoms with E-state index in [9.17, 15) is 23.2 Å². The fourth-order valence-corrected chi connectivity index (χ4v) is 8.43. The van der Waals surface area contributed by atoms with E-state index in [1.807, 2.05) is 60.7 Å². The predicted octanol–water partition coefficient (Wildman–Crippen LogP) is 7.41. The van der Waals surface area contributed by atoms with Gasteiger partial charge in [-0.3, -0.25) is 8.78 Å². The standard InChI is InChI=1S/C20H27FN2O4.C18H25FN2O2.CH4/c1-18(2,3)27-16(24)22-20-10-19(11-20,12-21)13-23(14-20)17(25)26-9-15-7-5-4-6-8-15;1-14(2)20-18-9-17(10-18,11-19)12-21(13-18)16(22)23-8-15-6-4-3-5-7-15;/h4-8H,9-14H2,1-3H3,(H,22,24);3-7,14,20H,8-13H2,1-2H3;1H4. The van der Waals surface area contributed by atoms with Gasteiger partial charge in [-0.05, 0) is 57.6 Å². The molecule has 0 spiro atoms. The van der Waals surface area contributed by atoms with Gasteiger partial charge < -0.3 is 34.6 Å². The summed E-state index contributed by atoms with van der Waals surface area (Å²) in [6.07, 6.45) is 1.21. The van der Waals surface area contributed by atoms with Crippen LogP contribution in [0.2, 0.25) is 0 Å². The van der Waals surface area contributed by atoms with Gasteiger partial charge >= 0.3 is 18.3 Å². The zero-order valence-electron chi connectivity index (χ0n) is 29.9. The van der Waals surface area contributed by atoms with E-state index in [1.165, 1.54) is 4.90 Å². The third kappa shape index (κ3) is 9.90. The summed E-state index contributed by atoms with van der Waals surface area (Å²) >= 11 is 0. The number of nitrogens with one attached hydrogen (secondary N) is 2. The second-order valence-electron chi connectivity index (χ2n) is 16.3. The van der Waals surface area contributed by atoms with Crippen LogP contribution in [0, 0.1) is 10.8 Å². The Morgan fingerprint density at radius 1 is 0.725 bits per heavy atom. The number of rotatable bonds is 9. The first kappa shape index (κ1) is 39.8. The van der Waals surface area contributed by atoms with Gasteiger partial charge in [-0.25, -0.2) is 14.4 Å². The molecule has 2 aromatic carbocycles. The van der Waals surface area contributed by atoms with Gasteiger partial charge in [0.2, 0.25) is 0 Å². The number of benzene rings is 2. The predicted molar refractivity (Wildman–Crippen MR) is 192 cm³/mol. The largest absolute Gasteiger partial charge is 0.445 e. The molecule has 0 unspecified atom stereocenters. The molecule has 6 fully saturated rings. The van der Waals surface area contributed by atoms with Gasteiger partial charge in [0, 0.05) is 48.6 Å². The SMILES string of the molecule is C.CC(C)(C)OC(=O)NC12CN(C(=O)OCc3ccccc3)CC(CF)(C1)C2.CC(C)NC12CN(C(=O)OCc3ccccc3)CC(CF)(C1)C2. The van der Waals surface area contributed by atoms with Crippen LogP contribution in [0.4, 0.5) is 23.2 Å². The monoisotopic (exact) mass is 714 g/mol. The van der Waals surface area contributed by atoms with Crippen LogP contribution >= 0.6 is 0 Å². The Kier molecular flexibility index (Phi) is 12.3. The first-order chi connectivity index (χ1) is 23.6. The summed E-state index contributed by atoms with van der Waals surface area (Å²) in [6, 6.07) is 19.3. The molecule has 6 aliphatic rings. The smallest absolute Gasteiger partial charge is 0.410 e. The molecule has 4 saturated heterocycles. The summed E-state index contributed by atoms with van der Waals surface area (Å²) in [7, 11) is 0. The number of hydrogen-bond donors (Lipinski definition) is 2. The molecular weight excluding hydrogens is 658 g/mol. The van der Waals surface area contributed by atoms with Crippen molar-refractivity contribution in [3.8, 4) is 0 Å². The highest BCUT2D eigenvalue weighted by molar-refractivity contribution is 5.71. The van der Waals surface area contributed by atoms with Gasteiger partial charge in [-0.15, -0.1) is 0 Å². The number of alkyl carbamates (subject to hydrolysis) is 1. The van der Waals surface area contributed by atoms with Crippen molar-refractivity contribution in [2.24, 2.45) is 10.8 Å². The molecular formula is C39H56F2N4O6. The van der Waals surface area contributed by atoms with Crippen LogP contribution in [0.3, 0.4) is 0 Å². The molecule has 0 aromatic heterocycles. The van der Waals surface area contributed by atoms with Gasteiger partial charge in [0.25, 0.3) is 0 Å². The lowest BCUT2D eigenvalue weighted by molar-refractivity contribution is -0.105. The molecule has 4 bridgehead atoms. The Labute approximate surface area is 301 Å². The molecule has 2 saturated carbocycles. The number of fused-ring (bicyclic) bond motifs is 4. The van der Waals surface area contributed by atoms with Crippen LogP contribution in [-0.4, -0.2) is 90.3 Å². The Balaban J connectivity index is 0.000000227. The Bertz CT molecular complexity index is 1470. The van der Waals surface area contributed by atoms with E-state index >= 15 is 0 Å². The molecule has 4 heterocycles. The molecule has 0 atom stereocenters. The van der Waals surface area contributed by atoms with Crippen molar-refractivity contribution < 1.29 is 37.4 Å². The molecule has 2 aliphatic carbocycles.